The molecule has 1 amide bonds. The number of hydrogen-bond acceptors (Lipinski definition) is 3. The van der Waals surface area contributed by atoms with Crippen molar-refractivity contribution in [2.75, 3.05) is 19.6 Å². The number of allylic oxidation sites excluding steroid dienone is 3. The van der Waals surface area contributed by atoms with Crippen molar-refractivity contribution in [2.45, 2.75) is 31.2 Å². The van der Waals surface area contributed by atoms with Crippen LogP contribution in [0.5, 0.6) is 0 Å². The van der Waals surface area contributed by atoms with Crippen molar-refractivity contribution in [2.24, 2.45) is 5.92 Å². The number of rotatable bonds is 6. The quantitative estimate of drug-likeness (QED) is 0.679. The van der Waals surface area contributed by atoms with Crippen LogP contribution >= 0.6 is 0 Å². The second kappa shape index (κ2) is 9.75. The van der Waals surface area contributed by atoms with Gasteiger partial charge in [0.15, 0.2) is 0 Å². The van der Waals surface area contributed by atoms with E-state index in [1.165, 1.54) is 36.2 Å². The van der Waals surface area contributed by atoms with Gasteiger partial charge in [0.2, 0.25) is 0 Å². The minimum atomic E-state index is -0.342. The number of carbonyl (C=O) groups excluding carboxylic acids is 1. The monoisotopic (exact) mass is 443 g/mol. The molecule has 5 rings (SSSR count). The maximum Gasteiger partial charge on any atom is 0.261 e. The highest BCUT2D eigenvalue weighted by Crippen LogP contribution is 2.40. The zero-order valence-corrected chi connectivity index (χ0v) is 18.7. The average Bonchev–Trinajstić information content (AvgIpc) is 3.67. The number of carbonyl (C=O) groups is 1. The summed E-state index contributed by atoms with van der Waals surface area (Å²) in [6, 6.07) is 17.1. The van der Waals surface area contributed by atoms with Crippen molar-refractivity contribution in [3.05, 3.63) is 108 Å². The number of piperidine rings is 1. The van der Waals surface area contributed by atoms with E-state index in [-0.39, 0.29) is 11.7 Å². The molecule has 0 bridgehead atoms. The molecule has 4 nitrogen and oxygen atoms in total. The maximum absolute atomic E-state index is 13.2. The lowest BCUT2D eigenvalue weighted by Crippen LogP contribution is -2.37. The van der Waals surface area contributed by atoms with Gasteiger partial charge in [0.25, 0.3) is 5.91 Å². The van der Waals surface area contributed by atoms with Crippen LogP contribution in [0.1, 0.15) is 41.1 Å². The molecule has 5 heteroatoms. The molecule has 1 saturated carbocycles. The van der Waals surface area contributed by atoms with Crippen molar-refractivity contribution in [3.8, 4) is 0 Å². The van der Waals surface area contributed by atoms with Crippen LogP contribution in [0, 0.1) is 11.7 Å². The Morgan fingerprint density at radius 2 is 1.76 bits per heavy atom. The molecular formula is C28H30FN3O. The van der Waals surface area contributed by atoms with Crippen LogP contribution in [-0.2, 0) is 0 Å². The third-order valence-electron chi connectivity index (χ3n) is 6.89. The second-order valence-electron chi connectivity index (χ2n) is 9.17. The Morgan fingerprint density at radius 1 is 1.00 bits per heavy atom. The number of hydrogen-bond donors (Lipinski definition) is 1. The summed E-state index contributed by atoms with van der Waals surface area (Å²) in [4.78, 5) is 16.8. The van der Waals surface area contributed by atoms with E-state index in [2.05, 4.69) is 46.6 Å². The van der Waals surface area contributed by atoms with Crippen molar-refractivity contribution in [1.29, 1.82) is 0 Å². The molecule has 0 spiro atoms. The van der Waals surface area contributed by atoms with Gasteiger partial charge in [0.05, 0.1) is 5.70 Å². The van der Waals surface area contributed by atoms with Gasteiger partial charge in [-0.15, -0.1) is 0 Å². The van der Waals surface area contributed by atoms with Crippen molar-refractivity contribution in [3.63, 3.8) is 0 Å². The van der Waals surface area contributed by atoms with Gasteiger partial charge >= 0.3 is 0 Å². The number of nitrogens with zero attached hydrogens (tertiary/aromatic N) is 2. The first kappa shape index (κ1) is 21.7. The normalized spacial score (nSPS) is 22.8. The predicted octanol–water partition coefficient (Wildman–Crippen LogP) is 5.05. The molecule has 1 saturated heterocycles. The Balaban J connectivity index is 1.13. The smallest absolute Gasteiger partial charge is 0.261 e. The van der Waals surface area contributed by atoms with Gasteiger partial charge in [-0.1, -0.05) is 36.4 Å². The van der Waals surface area contributed by atoms with Crippen LogP contribution in [-0.4, -0.2) is 41.4 Å². The van der Waals surface area contributed by atoms with Gasteiger partial charge in [0.1, 0.15) is 5.82 Å². The summed E-state index contributed by atoms with van der Waals surface area (Å²) >= 11 is 0. The van der Waals surface area contributed by atoms with E-state index in [1.54, 1.807) is 11.1 Å². The first-order chi connectivity index (χ1) is 16.2. The zero-order valence-electron chi connectivity index (χ0n) is 18.7. The van der Waals surface area contributed by atoms with Gasteiger partial charge in [-0.2, -0.15) is 0 Å². The minimum absolute atomic E-state index is 0.163. The van der Waals surface area contributed by atoms with E-state index >= 15 is 0 Å². The second-order valence-corrected chi connectivity index (χ2v) is 9.17. The van der Waals surface area contributed by atoms with E-state index in [4.69, 9.17) is 0 Å². The SMILES string of the molecule is O=C(c1ccc(F)cc1)N1C=CC=CC(N2CCC(CN[C@@H]3C[C@H]3c3ccccc3)CC2)=C1. The molecule has 1 aliphatic carbocycles. The highest BCUT2D eigenvalue weighted by Gasteiger charge is 2.38. The molecule has 2 fully saturated rings. The van der Waals surface area contributed by atoms with Crippen LogP contribution in [0.3, 0.4) is 0 Å². The largest absolute Gasteiger partial charge is 0.370 e. The minimum Gasteiger partial charge on any atom is -0.370 e. The summed E-state index contributed by atoms with van der Waals surface area (Å²) in [5, 5.41) is 3.79. The molecular weight excluding hydrogens is 413 g/mol. The van der Waals surface area contributed by atoms with Crippen LogP contribution in [0.15, 0.2) is 90.9 Å². The van der Waals surface area contributed by atoms with Crippen LogP contribution in [0.4, 0.5) is 4.39 Å². The lowest BCUT2D eigenvalue weighted by molar-refractivity contribution is 0.0866. The Labute approximate surface area is 195 Å². The Hall–Kier alpha value is -3.18. The Kier molecular flexibility index (Phi) is 6.40. The predicted molar refractivity (Wildman–Crippen MR) is 129 cm³/mol. The number of benzene rings is 2. The van der Waals surface area contributed by atoms with Crippen molar-refractivity contribution < 1.29 is 9.18 Å². The van der Waals surface area contributed by atoms with E-state index < -0.39 is 0 Å². The van der Waals surface area contributed by atoms with E-state index in [0.29, 0.717) is 23.4 Å². The van der Waals surface area contributed by atoms with E-state index in [0.717, 1.165) is 38.2 Å². The zero-order chi connectivity index (χ0) is 22.6. The van der Waals surface area contributed by atoms with Crippen LogP contribution in [0.25, 0.3) is 0 Å². The van der Waals surface area contributed by atoms with Gasteiger partial charge in [0, 0.05) is 43.0 Å². The molecule has 0 radical (unpaired) electrons. The summed E-state index contributed by atoms with van der Waals surface area (Å²) in [5.74, 6) is 0.850. The molecule has 33 heavy (non-hydrogen) atoms. The number of halogens is 1. The highest BCUT2D eigenvalue weighted by atomic mass is 19.1. The fraction of sp³-hybridized carbons (Fsp3) is 0.321. The summed E-state index contributed by atoms with van der Waals surface area (Å²) in [6.45, 7) is 3.04. The molecule has 2 aliphatic heterocycles. The van der Waals surface area contributed by atoms with Gasteiger partial charge in [-0.3, -0.25) is 9.69 Å². The third-order valence-corrected chi connectivity index (χ3v) is 6.89. The number of likely N-dealkylation sites (tertiary alicyclic amines) is 1. The van der Waals surface area contributed by atoms with Crippen molar-refractivity contribution >= 4 is 5.91 Å². The van der Waals surface area contributed by atoms with Gasteiger partial charge in [-0.05, 0) is 73.7 Å². The molecule has 1 N–H and O–H groups in total. The molecule has 2 aromatic rings. The molecule has 2 heterocycles. The maximum atomic E-state index is 13.2. The Bertz CT molecular complexity index is 1050. The first-order valence-corrected chi connectivity index (χ1v) is 11.9. The summed E-state index contributed by atoms with van der Waals surface area (Å²) in [5.41, 5.74) is 2.95. The molecule has 0 unspecified atom stereocenters. The first-order valence-electron chi connectivity index (χ1n) is 11.9. The molecule has 0 aromatic heterocycles. The third kappa shape index (κ3) is 5.25. The van der Waals surface area contributed by atoms with Crippen LogP contribution < -0.4 is 5.32 Å². The van der Waals surface area contributed by atoms with E-state index in [1.807, 2.05) is 18.4 Å². The fourth-order valence-corrected chi connectivity index (χ4v) is 4.78. The highest BCUT2D eigenvalue weighted by molar-refractivity contribution is 5.95. The van der Waals surface area contributed by atoms with Gasteiger partial charge < -0.3 is 10.2 Å². The topological polar surface area (TPSA) is 35.6 Å². The summed E-state index contributed by atoms with van der Waals surface area (Å²) in [7, 11) is 0. The number of amides is 1. The number of nitrogens with one attached hydrogen (secondary N) is 1. The average molecular weight is 444 g/mol. The Morgan fingerprint density at radius 3 is 2.52 bits per heavy atom. The fourth-order valence-electron chi connectivity index (χ4n) is 4.78. The lowest BCUT2D eigenvalue weighted by atomic mass is 9.96. The molecule has 3 aliphatic rings. The standard InChI is InChI=1S/C28H30FN3O/c29-24-11-9-23(10-12-24)28(33)32-15-5-4-8-25(20-32)31-16-13-21(14-17-31)19-30-27-18-26(27)22-6-2-1-3-7-22/h1-12,15,20-21,26-27,30H,13-14,16-19H2/t26-,27+/m0/s1. The van der Waals surface area contributed by atoms with E-state index in [9.17, 15) is 9.18 Å². The van der Waals surface area contributed by atoms with Crippen molar-refractivity contribution in [1.82, 2.24) is 15.1 Å². The lowest BCUT2D eigenvalue weighted by Gasteiger charge is -2.34. The molecule has 2 atom stereocenters. The van der Waals surface area contributed by atoms with Gasteiger partial charge in [-0.25, -0.2) is 4.39 Å². The summed E-state index contributed by atoms with van der Waals surface area (Å²) in [6.07, 6.45) is 13.0. The molecule has 170 valence electrons. The molecule has 2 aromatic carbocycles. The van der Waals surface area contributed by atoms with Crippen LogP contribution in [0.2, 0.25) is 0 Å². The summed E-state index contributed by atoms with van der Waals surface area (Å²) < 4.78 is 13.2.